The minimum absolute atomic E-state index is 0.0974. The lowest BCUT2D eigenvalue weighted by atomic mass is 9.96. The van der Waals surface area contributed by atoms with Crippen LogP contribution in [0.25, 0.3) is 0 Å². The summed E-state index contributed by atoms with van der Waals surface area (Å²) < 4.78 is 13.7. The Morgan fingerprint density at radius 3 is 2.62 bits per heavy atom. The highest BCUT2D eigenvalue weighted by molar-refractivity contribution is 9.10. The zero-order chi connectivity index (χ0) is 15.9. The minimum atomic E-state index is -0.952. The van der Waals surface area contributed by atoms with Crippen molar-refractivity contribution in [1.82, 2.24) is 9.80 Å². The first kappa shape index (κ1) is 15.8. The first-order valence-electron chi connectivity index (χ1n) is 6.48. The third-order valence-electron chi connectivity index (χ3n) is 3.77. The summed E-state index contributed by atoms with van der Waals surface area (Å²) in [4.78, 5) is 28.0. The number of nitrogens with zero attached hydrogens (tertiary/aromatic N) is 2. The Balaban J connectivity index is 2.41. The molecule has 0 aliphatic carbocycles. The SMILES string of the molecule is CN1CCN(C(=O)c2cc(N)c(F)cc2Br)C(C)(C)C1=O. The van der Waals surface area contributed by atoms with Gasteiger partial charge in [-0.1, -0.05) is 0 Å². The molecular formula is C14H17BrFN3O2. The van der Waals surface area contributed by atoms with Crippen molar-refractivity contribution in [3.05, 3.63) is 28.0 Å². The monoisotopic (exact) mass is 357 g/mol. The average Bonchev–Trinajstić information content (AvgIpc) is 2.40. The van der Waals surface area contributed by atoms with Gasteiger partial charge >= 0.3 is 0 Å². The molecule has 0 radical (unpaired) electrons. The average molecular weight is 358 g/mol. The van der Waals surface area contributed by atoms with Gasteiger partial charge in [-0.05, 0) is 41.9 Å². The minimum Gasteiger partial charge on any atom is -0.396 e. The van der Waals surface area contributed by atoms with Crippen molar-refractivity contribution in [2.24, 2.45) is 0 Å². The van der Waals surface area contributed by atoms with Gasteiger partial charge in [0.2, 0.25) is 5.91 Å². The molecule has 2 rings (SSSR count). The lowest BCUT2D eigenvalue weighted by Gasteiger charge is -2.44. The summed E-state index contributed by atoms with van der Waals surface area (Å²) in [7, 11) is 1.71. The number of amides is 2. The van der Waals surface area contributed by atoms with E-state index in [2.05, 4.69) is 15.9 Å². The predicted octanol–water partition coefficient (Wildman–Crippen LogP) is 1.86. The van der Waals surface area contributed by atoms with Crippen LogP contribution in [0.2, 0.25) is 0 Å². The quantitative estimate of drug-likeness (QED) is 0.780. The van der Waals surface area contributed by atoms with Crippen molar-refractivity contribution in [3.63, 3.8) is 0 Å². The number of rotatable bonds is 1. The molecule has 2 N–H and O–H groups in total. The van der Waals surface area contributed by atoms with Crippen LogP contribution in [0.4, 0.5) is 10.1 Å². The zero-order valence-electron chi connectivity index (χ0n) is 12.1. The molecule has 0 spiro atoms. The summed E-state index contributed by atoms with van der Waals surface area (Å²) in [5.41, 5.74) is 4.73. The number of nitrogen functional groups attached to an aromatic ring is 1. The third kappa shape index (κ3) is 2.62. The fourth-order valence-corrected chi connectivity index (χ4v) is 2.93. The van der Waals surface area contributed by atoms with Crippen LogP contribution in [0.15, 0.2) is 16.6 Å². The van der Waals surface area contributed by atoms with E-state index in [4.69, 9.17) is 5.73 Å². The molecule has 1 aliphatic heterocycles. The van der Waals surface area contributed by atoms with Gasteiger partial charge in [0, 0.05) is 24.6 Å². The van der Waals surface area contributed by atoms with Crippen molar-refractivity contribution in [3.8, 4) is 0 Å². The first-order chi connectivity index (χ1) is 9.66. The Morgan fingerprint density at radius 2 is 2.00 bits per heavy atom. The van der Waals surface area contributed by atoms with Crippen LogP contribution in [0.1, 0.15) is 24.2 Å². The lowest BCUT2D eigenvalue weighted by molar-refractivity contribution is -0.144. The van der Waals surface area contributed by atoms with Gasteiger partial charge in [0.15, 0.2) is 0 Å². The van der Waals surface area contributed by atoms with Gasteiger partial charge in [-0.2, -0.15) is 0 Å². The molecule has 0 atom stereocenters. The van der Waals surface area contributed by atoms with Crippen LogP contribution in [0.3, 0.4) is 0 Å². The molecule has 21 heavy (non-hydrogen) atoms. The molecule has 1 saturated heterocycles. The van der Waals surface area contributed by atoms with Crippen molar-refractivity contribution >= 4 is 33.4 Å². The summed E-state index contributed by atoms with van der Waals surface area (Å²) in [6, 6.07) is 2.45. The summed E-state index contributed by atoms with van der Waals surface area (Å²) in [5, 5.41) is 0. The van der Waals surface area contributed by atoms with Crippen molar-refractivity contribution in [2.75, 3.05) is 25.9 Å². The largest absolute Gasteiger partial charge is 0.396 e. The number of benzene rings is 1. The van der Waals surface area contributed by atoms with Gasteiger partial charge in [0.25, 0.3) is 5.91 Å². The van der Waals surface area contributed by atoms with E-state index >= 15 is 0 Å². The number of likely N-dealkylation sites (N-methyl/N-ethyl adjacent to an activating group) is 1. The fourth-order valence-electron chi connectivity index (χ4n) is 2.44. The highest BCUT2D eigenvalue weighted by Crippen LogP contribution is 2.29. The molecule has 0 bridgehead atoms. The molecule has 5 nitrogen and oxygen atoms in total. The summed E-state index contributed by atoms with van der Waals surface area (Å²) in [6.45, 7) is 4.27. The third-order valence-corrected chi connectivity index (χ3v) is 4.42. The number of piperazine rings is 1. The second-order valence-corrected chi connectivity index (χ2v) is 6.45. The van der Waals surface area contributed by atoms with Crippen molar-refractivity contribution < 1.29 is 14.0 Å². The van der Waals surface area contributed by atoms with Gasteiger partial charge in [0.05, 0.1) is 11.3 Å². The predicted molar refractivity (Wildman–Crippen MR) is 81.3 cm³/mol. The second-order valence-electron chi connectivity index (χ2n) is 5.60. The van der Waals surface area contributed by atoms with E-state index in [-0.39, 0.29) is 23.1 Å². The molecule has 1 aromatic rings. The molecule has 1 aromatic carbocycles. The van der Waals surface area contributed by atoms with E-state index in [0.29, 0.717) is 17.6 Å². The number of halogens is 2. The van der Waals surface area contributed by atoms with E-state index < -0.39 is 11.4 Å². The van der Waals surface area contributed by atoms with E-state index in [1.807, 2.05) is 0 Å². The Kier molecular flexibility index (Phi) is 3.97. The van der Waals surface area contributed by atoms with E-state index in [1.54, 1.807) is 25.8 Å². The van der Waals surface area contributed by atoms with Crippen LogP contribution in [-0.2, 0) is 4.79 Å². The van der Waals surface area contributed by atoms with Crippen molar-refractivity contribution in [2.45, 2.75) is 19.4 Å². The summed E-state index contributed by atoms with van der Waals surface area (Å²) >= 11 is 3.17. The van der Waals surface area contributed by atoms with Crippen LogP contribution in [0, 0.1) is 5.82 Å². The maximum absolute atomic E-state index is 13.4. The number of hydrogen-bond donors (Lipinski definition) is 1. The molecule has 0 unspecified atom stereocenters. The second kappa shape index (κ2) is 5.29. The molecule has 1 heterocycles. The lowest BCUT2D eigenvalue weighted by Crippen LogP contribution is -2.63. The van der Waals surface area contributed by atoms with Crippen LogP contribution >= 0.6 is 15.9 Å². The maximum atomic E-state index is 13.4. The maximum Gasteiger partial charge on any atom is 0.256 e. The number of hydrogen-bond acceptors (Lipinski definition) is 3. The van der Waals surface area contributed by atoms with Crippen LogP contribution in [-0.4, -0.2) is 47.3 Å². The summed E-state index contributed by atoms with van der Waals surface area (Å²) in [6.07, 6.45) is 0. The molecule has 0 aromatic heterocycles. The van der Waals surface area contributed by atoms with Gasteiger partial charge in [-0.15, -0.1) is 0 Å². The van der Waals surface area contributed by atoms with Gasteiger partial charge < -0.3 is 15.5 Å². The molecule has 0 saturated carbocycles. The smallest absolute Gasteiger partial charge is 0.256 e. The van der Waals surface area contributed by atoms with E-state index in [1.165, 1.54) is 11.0 Å². The number of anilines is 1. The Bertz CT molecular complexity index is 618. The highest BCUT2D eigenvalue weighted by Gasteiger charge is 2.43. The van der Waals surface area contributed by atoms with E-state index in [0.717, 1.165) is 6.07 Å². The Morgan fingerprint density at radius 1 is 1.38 bits per heavy atom. The topological polar surface area (TPSA) is 66.6 Å². The highest BCUT2D eigenvalue weighted by atomic mass is 79.9. The number of carbonyl (C=O) groups is 2. The molecular weight excluding hydrogens is 341 g/mol. The van der Waals surface area contributed by atoms with Crippen LogP contribution < -0.4 is 5.73 Å². The first-order valence-corrected chi connectivity index (χ1v) is 7.27. The Labute approximate surface area is 131 Å². The molecule has 7 heteroatoms. The van der Waals surface area contributed by atoms with Gasteiger partial charge in [-0.3, -0.25) is 9.59 Å². The van der Waals surface area contributed by atoms with Crippen molar-refractivity contribution in [1.29, 1.82) is 0 Å². The van der Waals surface area contributed by atoms with Gasteiger partial charge in [0.1, 0.15) is 11.4 Å². The normalized spacial score (nSPS) is 18.0. The number of carbonyl (C=O) groups excluding carboxylic acids is 2. The molecule has 1 aliphatic rings. The fraction of sp³-hybridized carbons (Fsp3) is 0.429. The van der Waals surface area contributed by atoms with Gasteiger partial charge in [-0.25, -0.2) is 4.39 Å². The standard InChI is InChI=1S/C14H17BrFN3O2/c1-14(2)13(21)18(3)4-5-19(14)12(20)8-6-11(17)10(16)7-9(8)15/h6-7H,4-5,17H2,1-3H3. The van der Waals surface area contributed by atoms with E-state index in [9.17, 15) is 14.0 Å². The van der Waals surface area contributed by atoms with Crippen LogP contribution in [0.5, 0.6) is 0 Å². The number of nitrogens with two attached hydrogens (primary N) is 1. The summed E-state index contributed by atoms with van der Waals surface area (Å²) in [5.74, 6) is -1.07. The zero-order valence-corrected chi connectivity index (χ0v) is 13.7. The molecule has 2 amide bonds. The Hall–Kier alpha value is -1.63. The molecule has 114 valence electrons. The molecule has 1 fully saturated rings.